The summed E-state index contributed by atoms with van der Waals surface area (Å²) >= 11 is 5.44. The molecular weight excluding hydrogens is 456 g/mol. The minimum Gasteiger partial charge on any atom is -0.310 e. The van der Waals surface area contributed by atoms with Gasteiger partial charge in [0.15, 0.2) is 0 Å². The molecule has 1 amide bonds. The van der Waals surface area contributed by atoms with Crippen molar-refractivity contribution in [3.63, 3.8) is 0 Å². The Morgan fingerprint density at radius 3 is 2.67 bits per heavy atom. The van der Waals surface area contributed by atoms with Crippen LogP contribution in [0.5, 0.6) is 0 Å². The predicted octanol–water partition coefficient (Wildman–Crippen LogP) is 2.73. The second-order valence-electron chi connectivity index (χ2n) is 3.90. The van der Waals surface area contributed by atoms with Gasteiger partial charge in [-0.25, -0.2) is 8.42 Å². The highest BCUT2D eigenvalue weighted by Crippen LogP contribution is 2.32. The van der Waals surface area contributed by atoms with E-state index in [-0.39, 0.29) is 18.9 Å². The molecule has 2 rings (SSSR count). The zero-order chi connectivity index (χ0) is 13.5. The number of nitrogens with zero attached hydrogens (tertiary/aromatic N) is 1. The molecule has 1 fully saturated rings. The maximum absolute atomic E-state index is 11.9. The first-order chi connectivity index (χ1) is 8.29. The van der Waals surface area contributed by atoms with Gasteiger partial charge in [0.1, 0.15) is 5.25 Å². The Morgan fingerprint density at radius 2 is 2.11 bits per heavy atom. The van der Waals surface area contributed by atoms with Crippen LogP contribution >= 0.6 is 49.2 Å². The molecule has 1 atom stereocenters. The third kappa shape index (κ3) is 3.00. The predicted molar refractivity (Wildman–Crippen MR) is 82.4 cm³/mol. The second-order valence-corrected chi connectivity index (χ2v) is 8.89. The van der Waals surface area contributed by atoms with Gasteiger partial charge in [0.25, 0.3) is 0 Å². The first-order valence-corrected chi connectivity index (χ1v) is 9.22. The molecule has 1 unspecified atom stereocenters. The number of amides is 1. The lowest BCUT2D eigenvalue weighted by Crippen LogP contribution is -2.27. The molecule has 98 valence electrons. The number of rotatable bonds is 2. The molecule has 0 aliphatic carbocycles. The Balaban J connectivity index is 2.35. The normalized spacial score (nSPS) is 20.5. The van der Waals surface area contributed by atoms with Crippen LogP contribution in [-0.2, 0) is 13.8 Å². The van der Waals surface area contributed by atoms with E-state index < -0.39 is 14.3 Å². The molecule has 8 heteroatoms. The Labute approximate surface area is 131 Å². The zero-order valence-corrected chi connectivity index (χ0v) is 14.3. The summed E-state index contributed by atoms with van der Waals surface area (Å²) in [5, 5.41) is -0.832. The molecule has 1 aromatic rings. The first-order valence-electron chi connectivity index (χ1n) is 4.98. The summed E-state index contributed by atoms with van der Waals surface area (Å²) in [6.07, 6.45) is -0.0611. The SMILES string of the molecule is O=C1CC(S(=O)(=O)Cl)CN1c1cc(Br)ccc1I. The third-order valence-electron chi connectivity index (χ3n) is 2.69. The average molecular weight is 465 g/mol. The molecule has 0 spiro atoms. The highest BCUT2D eigenvalue weighted by molar-refractivity contribution is 14.1. The van der Waals surface area contributed by atoms with E-state index in [9.17, 15) is 13.2 Å². The van der Waals surface area contributed by atoms with Crippen LogP contribution < -0.4 is 4.90 Å². The van der Waals surface area contributed by atoms with Crippen molar-refractivity contribution in [3.05, 3.63) is 26.2 Å². The van der Waals surface area contributed by atoms with E-state index in [1.165, 1.54) is 4.90 Å². The van der Waals surface area contributed by atoms with Crippen molar-refractivity contribution in [1.29, 1.82) is 0 Å². The summed E-state index contributed by atoms with van der Waals surface area (Å²) in [4.78, 5) is 13.3. The lowest BCUT2D eigenvalue weighted by Gasteiger charge is -2.18. The Morgan fingerprint density at radius 1 is 1.44 bits per heavy atom. The van der Waals surface area contributed by atoms with Crippen molar-refractivity contribution >= 4 is 69.8 Å². The van der Waals surface area contributed by atoms with Gasteiger partial charge in [-0.2, -0.15) is 0 Å². The van der Waals surface area contributed by atoms with Crippen molar-refractivity contribution in [2.45, 2.75) is 11.7 Å². The summed E-state index contributed by atoms with van der Waals surface area (Å²) in [5.41, 5.74) is 0.706. The quantitative estimate of drug-likeness (QED) is 0.500. The van der Waals surface area contributed by atoms with Gasteiger partial charge in [0.2, 0.25) is 15.0 Å². The minimum absolute atomic E-state index is 0.0611. The molecule has 0 radical (unpaired) electrons. The van der Waals surface area contributed by atoms with E-state index in [0.717, 1.165) is 8.04 Å². The highest BCUT2D eigenvalue weighted by Gasteiger charge is 2.38. The fourth-order valence-electron chi connectivity index (χ4n) is 1.79. The fraction of sp³-hybridized carbons (Fsp3) is 0.300. The van der Waals surface area contributed by atoms with Crippen molar-refractivity contribution in [2.24, 2.45) is 0 Å². The van der Waals surface area contributed by atoms with Crippen LogP contribution in [0.15, 0.2) is 22.7 Å². The maximum atomic E-state index is 11.9. The van der Waals surface area contributed by atoms with Crippen LogP contribution in [0.25, 0.3) is 0 Å². The zero-order valence-electron chi connectivity index (χ0n) is 8.94. The second kappa shape index (κ2) is 5.26. The van der Waals surface area contributed by atoms with E-state index in [1.54, 1.807) is 6.07 Å². The molecule has 1 heterocycles. The van der Waals surface area contributed by atoms with Gasteiger partial charge in [-0.15, -0.1) is 0 Å². The van der Waals surface area contributed by atoms with Crippen LogP contribution in [-0.4, -0.2) is 26.1 Å². The van der Waals surface area contributed by atoms with Gasteiger partial charge in [-0.1, -0.05) is 15.9 Å². The molecule has 0 N–H and O–H groups in total. The van der Waals surface area contributed by atoms with Crippen LogP contribution in [0.3, 0.4) is 0 Å². The van der Waals surface area contributed by atoms with Gasteiger partial charge in [-0.05, 0) is 40.8 Å². The van der Waals surface area contributed by atoms with Crippen LogP contribution in [0.1, 0.15) is 6.42 Å². The number of anilines is 1. The van der Waals surface area contributed by atoms with E-state index in [1.807, 2.05) is 12.1 Å². The van der Waals surface area contributed by atoms with Crippen LogP contribution in [0.4, 0.5) is 5.69 Å². The highest BCUT2D eigenvalue weighted by atomic mass is 127. The molecule has 1 aliphatic rings. The molecular formula is C10H8BrClINO3S. The number of hydrogen-bond donors (Lipinski definition) is 0. The van der Waals surface area contributed by atoms with Gasteiger partial charge in [-0.3, -0.25) is 4.79 Å². The number of hydrogen-bond acceptors (Lipinski definition) is 3. The molecule has 1 aromatic carbocycles. The molecule has 18 heavy (non-hydrogen) atoms. The summed E-state index contributed by atoms with van der Waals surface area (Å²) in [6.45, 7) is 0.108. The summed E-state index contributed by atoms with van der Waals surface area (Å²) in [5.74, 6) is -0.222. The van der Waals surface area contributed by atoms with E-state index in [2.05, 4.69) is 38.5 Å². The Kier molecular flexibility index (Phi) is 4.25. The summed E-state index contributed by atoms with van der Waals surface area (Å²) < 4.78 is 24.3. The van der Waals surface area contributed by atoms with E-state index >= 15 is 0 Å². The number of carbonyl (C=O) groups is 1. The molecule has 0 saturated carbocycles. The van der Waals surface area contributed by atoms with E-state index in [0.29, 0.717) is 5.69 Å². The van der Waals surface area contributed by atoms with Crippen LogP contribution in [0.2, 0.25) is 0 Å². The smallest absolute Gasteiger partial charge is 0.237 e. The van der Waals surface area contributed by atoms with Gasteiger partial charge in [0.05, 0.1) is 5.69 Å². The van der Waals surface area contributed by atoms with Gasteiger partial charge < -0.3 is 4.90 Å². The summed E-state index contributed by atoms with van der Waals surface area (Å²) in [7, 11) is 1.61. The monoisotopic (exact) mass is 463 g/mol. The molecule has 4 nitrogen and oxygen atoms in total. The molecule has 0 bridgehead atoms. The van der Waals surface area contributed by atoms with Crippen LogP contribution in [0, 0.1) is 3.57 Å². The Hall–Kier alpha value is 0.140. The summed E-state index contributed by atoms with van der Waals surface area (Å²) in [6, 6.07) is 5.51. The lowest BCUT2D eigenvalue weighted by atomic mass is 10.3. The topological polar surface area (TPSA) is 54.5 Å². The fourth-order valence-corrected chi connectivity index (χ4v) is 3.79. The molecule has 1 saturated heterocycles. The average Bonchev–Trinajstić information content (AvgIpc) is 2.64. The number of benzene rings is 1. The van der Waals surface area contributed by atoms with Crippen molar-refractivity contribution < 1.29 is 13.2 Å². The third-order valence-corrected chi connectivity index (χ3v) is 5.96. The van der Waals surface area contributed by atoms with E-state index in [4.69, 9.17) is 10.7 Å². The van der Waals surface area contributed by atoms with Gasteiger partial charge in [0, 0.05) is 31.7 Å². The minimum atomic E-state index is -3.70. The van der Waals surface area contributed by atoms with Crippen molar-refractivity contribution in [3.8, 4) is 0 Å². The maximum Gasteiger partial charge on any atom is 0.237 e. The molecule has 0 aromatic heterocycles. The lowest BCUT2D eigenvalue weighted by molar-refractivity contribution is -0.117. The number of carbonyl (C=O) groups excluding carboxylic acids is 1. The van der Waals surface area contributed by atoms with Crippen molar-refractivity contribution in [1.82, 2.24) is 0 Å². The Bertz CT molecular complexity index is 607. The molecule has 1 aliphatic heterocycles. The van der Waals surface area contributed by atoms with Crippen molar-refractivity contribution in [2.75, 3.05) is 11.4 Å². The van der Waals surface area contributed by atoms with Gasteiger partial charge >= 0.3 is 0 Å². The number of halogens is 3. The first kappa shape index (κ1) is 14.5. The standard InChI is InChI=1S/C10H8BrClINO3S/c11-6-1-2-8(13)9(3-6)14-5-7(4-10(14)15)18(12,16)17/h1-3,7H,4-5H2. The largest absolute Gasteiger partial charge is 0.310 e.